The third-order valence-electron chi connectivity index (χ3n) is 12.1. The highest BCUT2D eigenvalue weighted by Crippen LogP contribution is 2.50. The van der Waals surface area contributed by atoms with Gasteiger partial charge in [0.05, 0.1) is 11.0 Å². The first-order valence-electron chi connectivity index (χ1n) is 19.7. The highest BCUT2D eigenvalue weighted by molar-refractivity contribution is 6.22. The number of rotatable bonds is 5. The molecule has 0 fully saturated rings. The Bertz CT molecular complexity index is 3350. The Labute approximate surface area is 330 Å². The van der Waals surface area contributed by atoms with Gasteiger partial charge < -0.3 is 8.98 Å². The summed E-state index contributed by atoms with van der Waals surface area (Å²) in [5, 5.41) is 4.64. The minimum Gasteiger partial charge on any atom is -0.454 e. The molecule has 0 saturated carbocycles. The first-order chi connectivity index (χ1) is 28.3. The molecule has 2 heterocycles. The van der Waals surface area contributed by atoms with Gasteiger partial charge in [0.15, 0.2) is 5.58 Å². The molecule has 1 aliphatic carbocycles. The highest BCUT2D eigenvalue weighted by Gasteiger charge is 2.30. The van der Waals surface area contributed by atoms with E-state index in [0.29, 0.717) is 0 Å². The third-order valence-corrected chi connectivity index (χ3v) is 12.1. The lowest BCUT2D eigenvalue weighted by Crippen LogP contribution is -1.99. The lowest BCUT2D eigenvalue weighted by molar-refractivity contribution is 0.671. The van der Waals surface area contributed by atoms with E-state index >= 15 is 0 Å². The van der Waals surface area contributed by atoms with Gasteiger partial charge in [-0.05, 0) is 104 Å². The van der Waals surface area contributed by atoms with Crippen LogP contribution in [0.15, 0.2) is 211 Å². The Kier molecular flexibility index (Phi) is 7.02. The van der Waals surface area contributed by atoms with Crippen molar-refractivity contribution in [3.8, 4) is 50.2 Å². The normalized spacial score (nSPS) is 13.4. The summed E-state index contributed by atoms with van der Waals surface area (Å²) in [4.78, 5) is 0. The van der Waals surface area contributed by atoms with E-state index in [-0.39, 0.29) is 5.92 Å². The quantitative estimate of drug-likeness (QED) is 0.173. The van der Waals surface area contributed by atoms with E-state index in [0.717, 1.165) is 38.7 Å². The van der Waals surface area contributed by atoms with Gasteiger partial charge in [-0.3, -0.25) is 0 Å². The molecule has 0 saturated heterocycles. The average molecular weight is 726 g/mol. The molecule has 1 aliphatic rings. The average Bonchev–Trinajstić information content (AvgIpc) is 3.94. The van der Waals surface area contributed by atoms with Crippen LogP contribution in [-0.4, -0.2) is 4.57 Å². The summed E-state index contributed by atoms with van der Waals surface area (Å²) in [7, 11) is 0. The molecule has 0 spiro atoms. The Hall–Kier alpha value is -7.42. The van der Waals surface area contributed by atoms with Gasteiger partial charge >= 0.3 is 0 Å². The summed E-state index contributed by atoms with van der Waals surface area (Å²) in [5.41, 5.74) is 19.1. The van der Waals surface area contributed by atoms with Gasteiger partial charge in [0, 0.05) is 33.2 Å². The van der Waals surface area contributed by atoms with Crippen molar-refractivity contribution < 1.29 is 4.42 Å². The monoisotopic (exact) mass is 725 g/mol. The number of nitrogens with zero attached hydrogens (tertiary/aromatic N) is 1. The van der Waals surface area contributed by atoms with Crippen molar-refractivity contribution in [3.63, 3.8) is 0 Å². The number of aromatic nitrogens is 1. The minimum absolute atomic E-state index is 0.173. The molecule has 2 nitrogen and oxygen atoms in total. The molecule has 9 aromatic carbocycles. The van der Waals surface area contributed by atoms with Crippen molar-refractivity contribution in [1.29, 1.82) is 0 Å². The Morgan fingerprint density at radius 1 is 0.368 bits per heavy atom. The first kappa shape index (κ1) is 31.9. The van der Waals surface area contributed by atoms with Crippen LogP contribution in [0.3, 0.4) is 0 Å². The van der Waals surface area contributed by atoms with Gasteiger partial charge in [-0.15, -0.1) is 0 Å². The van der Waals surface area contributed by atoms with Crippen LogP contribution in [0.25, 0.3) is 93.9 Å². The fourth-order valence-corrected chi connectivity index (χ4v) is 9.45. The van der Waals surface area contributed by atoms with Crippen molar-refractivity contribution in [1.82, 2.24) is 4.57 Å². The smallest absolute Gasteiger partial charge is 0.160 e. The SMILES string of the molecule is c1ccc(-c2cccc(C3c4ccccc4-c4cc(-c5ccc6c(c5)c5ccc7c8ccccc8oc7c5n6-c5cccc(-c6ccccc6)c5)ccc43)c2)cc1. The zero-order valence-corrected chi connectivity index (χ0v) is 31.1. The van der Waals surface area contributed by atoms with Crippen molar-refractivity contribution in [2.75, 3.05) is 0 Å². The van der Waals surface area contributed by atoms with E-state index in [1.807, 2.05) is 6.07 Å². The molecule has 0 N–H and O–H groups in total. The van der Waals surface area contributed by atoms with Gasteiger partial charge in [0.25, 0.3) is 0 Å². The van der Waals surface area contributed by atoms with Crippen molar-refractivity contribution >= 4 is 43.7 Å². The van der Waals surface area contributed by atoms with E-state index in [1.54, 1.807) is 0 Å². The summed E-state index contributed by atoms with van der Waals surface area (Å²) < 4.78 is 9.13. The molecule has 0 amide bonds. The molecule has 2 heteroatoms. The van der Waals surface area contributed by atoms with Crippen LogP contribution in [0.5, 0.6) is 0 Å². The number of hydrogen-bond donors (Lipinski definition) is 0. The van der Waals surface area contributed by atoms with Gasteiger partial charge in [0.2, 0.25) is 0 Å². The van der Waals surface area contributed by atoms with Crippen LogP contribution in [0.1, 0.15) is 22.6 Å². The van der Waals surface area contributed by atoms with Gasteiger partial charge in [-0.2, -0.15) is 0 Å². The molecule has 1 unspecified atom stereocenters. The van der Waals surface area contributed by atoms with Crippen LogP contribution in [0.4, 0.5) is 0 Å². The van der Waals surface area contributed by atoms with E-state index in [2.05, 4.69) is 205 Å². The van der Waals surface area contributed by atoms with Crippen LogP contribution >= 0.6 is 0 Å². The second-order valence-electron chi connectivity index (χ2n) is 15.2. The van der Waals surface area contributed by atoms with Crippen molar-refractivity contribution in [3.05, 3.63) is 223 Å². The molecule has 266 valence electrons. The summed E-state index contributed by atoms with van der Waals surface area (Å²) in [6, 6.07) is 75.2. The van der Waals surface area contributed by atoms with Crippen LogP contribution in [-0.2, 0) is 0 Å². The summed E-state index contributed by atoms with van der Waals surface area (Å²) in [6.07, 6.45) is 0. The highest BCUT2D eigenvalue weighted by atomic mass is 16.3. The summed E-state index contributed by atoms with van der Waals surface area (Å²) in [5.74, 6) is 0.173. The van der Waals surface area contributed by atoms with Crippen molar-refractivity contribution in [2.24, 2.45) is 0 Å². The fourth-order valence-electron chi connectivity index (χ4n) is 9.45. The molecule has 0 radical (unpaired) electrons. The predicted octanol–water partition coefficient (Wildman–Crippen LogP) is 14.8. The second-order valence-corrected chi connectivity index (χ2v) is 15.2. The first-order valence-corrected chi connectivity index (χ1v) is 19.7. The predicted molar refractivity (Wildman–Crippen MR) is 237 cm³/mol. The molecule has 11 aromatic rings. The maximum absolute atomic E-state index is 6.73. The zero-order chi connectivity index (χ0) is 37.5. The van der Waals surface area contributed by atoms with Crippen LogP contribution in [0, 0.1) is 0 Å². The van der Waals surface area contributed by atoms with E-state index in [1.165, 1.54) is 72.0 Å². The lowest BCUT2D eigenvalue weighted by Gasteiger charge is -2.16. The largest absolute Gasteiger partial charge is 0.454 e. The molecule has 0 bridgehead atoms. The van der Waals surface area contributed by atoms with Gasteiger partial charge in [-0.25, -0.2) is 0 Å². The van der Waals surface area contributed by atoms with Crippen LogP contribution < -0.4 is 0 Å². The maximum Gasteiger partial charge on any atom is 0.160 e. The molecule has 57 heavy (non-hydrogen) atoms. The number of hydrogen-bond acceptors (Lipinski definition) is 1. The topological polar surface area (TPSA) is 18.1 Å². The zero-order valence-electron chi connectivity index (χ0n) is 31.1. The molecule has 1 atom stereocenters. The number of benzene rings is 9. The van der Waals surface area contributed by atoms with Crippen LogP contribution in [0.2, 0.25) is 0 Å². The number of para-hydroxylation sites is 1. The Balaban J connectivity index is 1.04. The minimum atomic E-state index is 0.173. The lowest BCUT2D eigenvalue weighted by atomic mass is 9.87. The molecular weight excluding hydrogens is 691 g/mol. The Morgan fingerprint density at radius 2 is 1.00 bits per heavy atom. The van der Waals surface area contributed by atoms with Gasteiger partial charge in [0.1, 0.15) is 5.58 Å². The molecule has 0 aliphatic heterocycles. The molecule has 2 aromatic heterocycles. The summed E-state index contributed by atoms with van der Waals surface area (Å²) in [6.45, 7) is 0. The van der Waals surface area contributed by atoms with Gasteiger partial charge in [-0.1, -0.05) is 164 Å². The third kappa shape index (κ3) is 4.97. The maximum atomic E-state index is 6.73. The van der Waals surface area contributed by atoms with E-state index in [4.69, 9.17) is 4.42 Å². The fraction of sp³-hybridized carbons (Fsp3) is 0.0182. The van der Waals surface area contributed by atoms with E-state index < -0.39 is 0 Å². The summed E-state index contributed by atoms with van der Waals surface area (Å²) >= 11 is 0. The molecular formula is C55H35NO. The van der Waals surface area contributed by atoms with E-state index in [9.17, 15) is 0 Å². The number of fused-ring (bicyclic) bond motifs is 10. The van der Waals surface area contributed by atoms with Crippen molar-refractivity contribution in [2.45, 2.75) is 5.92 Å². The Morgan fingerprint density at radius 3 is 1.84 bits per heavy atom. The molecule has 12 rings (SSSR count). The standard InChI is InChI=1S/C55H35NO/c1-3-13-35(14-4-1)37-17-11-19-41(31-37)53-45-23-8-7-21-43(45)49-33-39(25-27-46(49)53)40-26-30-51-50(34-40)47-28-29-48-44-22-9-10-24-52(44)57-55(48)54(47)56(51)42-20-12-18-38(32-42)36-15-5-2-6-16-36/h1-34,53H. The number of furan rings is 1. The second kappa shape index (κ2) is 12.6.